The highest BCUT2D eigenvalue weighted by molar-refractivity contribution is 7.80. The Morgan fingerprint density at radius 1 is 1.17 bits per heavy atom. The van der Waals surface area contributed by atoms with E-state index < -0.39 is 0 Å². The largest absolute Gasteiger partial charge is 0.497 e. The second-order valence-electron chi connectivity index (χ2n) is 7.19. The normalized spacial score (nSPS) is 16.6. The Hall–Kier alpha value is -3.19. The van der Waals surface area contributed by atoms with E-state index in [0.29, 0.717) is 16.8 Å². The van der Waals surface area contributed by atoms with Crippen molar-refractivity contribution in [3.8, 4) is 17.1 Å². The number of rotatable bonds is 5. The van der Waals surface area contributed by atoms with Crippen LogP contribution in [0, 0.1) is 6.92 Å². The Morgan fingerprint density at radius 3 is 2.63 bits per heavy atom. The van der Waals surface area contributed by atoms with Crippen LogP contribution in [0.5, 0.6) is 5.75 Å². The molecule has 0 spiro atoms. The van der Waals surface area contributed by atoms with Crippen LogP contribution in [-0.2, 0) is 0 Å². The van der Waals surface area contributed by atoms with E-state index >= 15 is 0 Å². The fourth-order valence-corrected chi connectivity index (χ4v) is 4.05. The van der Waals surface area contributed by atoms with Crippen LogP contribution in [-0.4, -0.2) is 33.8 Å². The standard InChI is InChI=1S/C23H24N4O2S/c1-5-27-15(3)19(20(24-23(27)30)17-7-6-8-18(13-17)28-4)22-25-21(26-29-22)16-11-9-14(2)10-12-16/h6-13,20H,5H2,1-4H3,(H,24,30). The summed E-state index contributed by atoms with van der Waals surface area (Å²) >= 11 is 5.62. The van der Waals surface area contributed by atoms with E-state index in [2.05, 4.69) is 17.4 Å². The van der Waals surface area contributed by atoms with E-state index in [1.54, 1.807) is 7.11 Å². The first-order chi connectivity index (χ1) is 14.5. The molecule has 1 aliphatic rings. The van der Waals surface area contributed by atoms with E-state index in [1.807, 2.05) is 67.3 Å². The Labute approximate surface area is 181 Å². The first kappa shape index (κ1) is 20.1. The van der Waals surface area contributed by atoms with Crippen molar-refractivity contribution >= 4 is 22.9 Å². The van der Waals surface area contributed by atoms with Gasteiger partial charge in [-0.1, -0.05) is 47.1 Å². The highest BCUT2D eigenvalue weighted by Crippen LogP contribution is 2.38. The Morgan fingerprint density at radius 2 is 1.93 bits per heavy atom. The number of aromatic nitrogens is 2. The van der Waals surface area contributed by atoms with Gasteiger partial charge in [-0.2, -0.15) is 4.98 Å². The Balaban J connectivity index is 1.81. The number of ether oxygens (including phenoxy) is 1. The Kier molecular flexibility index (Phi) is 5.55. The molecule has 1 aromatic heterocycles. The molecule has 4 rings (SSSR count). The van der Waals surface area contributed by atoms with Crippen LogP contribution >= 0.6 is 12.2 Å². The van der Waals surface area contributed by atoms with E-state index in [-0.39, 0.29) is 6.04 Å². The van der Waals surface area contributed by atoms with Crippen LogP contribution in [0.1, 0.15) is 36.9 Å². The zero-order valence-corrected chi connectivity index (χ0v) is 18.3. The molecule has 1 aliphatic heterocycles. The molecule has 0 fully saturated rings. The monoisotopic (exact) mass is 420 g/mol. The van der Waals surface area contributed by atoms with E-state index in [0.717, 1.165) is 34.7 Å². The molecule has 1 N–H and O–H groups in total. The number of hydrogen-bond donors (Lipinski definition) is 1. The van der Waals surface area contributed by atoms with E-state index in [9.17, 15) is 0 Å². The molecule has 0 saturated carbocycles. The number of thiocarbonyl (C=S) groups is 1. The topological polar surface area (TPSA) is 63.4 Å². The molecule has 2 heterocycles. The molecular weight excluding hydrogens is 396 g/mol. The summed E-state index contributed by atoms with van der Waals surface area (Å²) in [6.45, 7) is 6.89. The highest BCUT2D eigenvalue weighted by atomic mass is 32.1. The number of nitrogens with zero attached hydrogens (tertiary/aromatic N) is 3. The maximum Gasteiger partial charge on any atom is 0.258 e. The minimum atomic E-state index is -0.221. The number of aryl methyl sites for hydroxylation is 1. The number of hydrogen-bond acceptors (Lipinski definition) is 5. The predicted molar refractivity (Wildman–Crippen MR) is 121 cm³/mol. The van der Waals surface area contributed by atoms with Gasteiger partial charge in [0.25, 0.3) is 5.89 Å². The summed E-state index contributed by atoms with van der Waals surface area (Å²) in [5.41, 5.74) is 5.01. The van der Waals surface area contributed by atoms with Crippen LogP contribution in [0.3, 0.4) is 0 Å². The smallest absolute Gasteiger partial charge is 0.258 e. The summed E-state index contributed by atoms with van der Waals surface area (Å²) in [5, 5.41) is 8.34. The van der Waals surface area contributed by atoms with Gasteiger partial charge in [-0.15, -0.1) is 0 Å². The lowest BCUT2D eigenvalue weighted by atomic mass is 9.94. The van der Waals surface area contributed by atoms with Gasteiger partial charge in [-0.3, -0.25) is 0 Å². The lowest BCUT2D eigenvalue weighted by Gasteiger charge is -2.36. The van der Waals surface area contributed by atoms with Gasteiger partial charge in [-0.05, 0) is 50.7 Å². The van der Waals surface area contributed by atoms with Gasteiger partial charge < -0.3 is 19.5 Å². The average molecular weight is 421 g/mol. The third-order valence-electron chi connectivity index (χ3n) is 5.31. The molecule has 2 aromatic carbocycles. The number of benzene rings is 2. The highest BCUT2D eigenvalue weighted by Gasteiger charge is 2.33. The molecule has 0 amide bonds. The molecule has 0 bridgehead atoms. The quantitative estimate of drug-likeness (QED) is 0.598. The third-order valence-corrected chi connectivity index (χ3v) is 5.64. The minimum absolute atomic E-state index is 0.221. The predicted octanol–water partition coefficient (Wildman–Crippen LogP) is 4.74. The summed E-state index contributed by atoms with van der Waals surface area (Å²) in [6, 6.07) is 15.8. The number of allylic oxidation sites excluding steroid dienone is 1. The van der Waals surface area contributed by atoms with Crippen LogP contribution in [0.4, 0.5) is 0 Å². The van der Waals surface area contributed by atoms with E-state index in [1.165, 1.54) is 5.56 Å². The van der Waals surface area contributed by atoms with Crippen molar-refractivity contribution in [2.45, 2.75) is 26.8 Å². The molecule has 0 saturated heterocycles. The van der Waals surface area contributed by atoms with Gasteiger partial charge in [0.15, 0.2) is 5.11 Å². The maximum atomic E-state index is 5.74. The van der Waals surface area contributed by atoms with Crippen molar-refractivity contribution in [2.24, 2.45) is 0 Å². The second-order valence-corrected chi connectivity index (χ2v) is 7.58. The van der Waals surface area contributed by atoms with Gasteiger partial charge in [-0.25, -0.2) is 0 Å². The molecule has 30 heavy (non-hydrogen) atoms. The lowest BCUT2D eigenvalue weighted by molar-refractivity contribution is 0.397. The first-order valence-electron chi connectivity index (χ1n) is 9.85. The van der Waals surface area contributed by atoms with Gasteiger partial charge in [0.05, 0.1) is 18.7 Å². The maximum absolute atomic E-state index is 5.74. The molecule has 7 heteroatoms. The van der Waals surface area contributed by atoms with Crippen molar-refractivity contribution in [1.82, 2.24) is 20.4 Å². The number of methoxy groups -OCH3 is 1. The van der Waals surface area contributed by atoms with Crippen LogP contribution in [0.25, 0.3) is 17.0 Å². The minimum Gasteiger partial charge on any atom is -0.497 e. The fourth-order valence-electron chi connectivity index (χ4n) is 3.66. The molecule has 3 aromatic rings. The second kappa shape index (κ2) is 8.28. The van der Waals surface area contributed by atoms with Crippen molar-refractivity contribution in [1.29, 1.82) is 0 Å². The van der Waals surface area contributed by atoms with E-state index in [4.69, 9.17) is 26.5 Å². The molecule has 0 radical (unpaired) electrons. The number of nitrogens with one attached hydrogen (secondary N) is 1. The van der Waals surface area contributed by atoms with Gasteiger partial charge in [0.2, 0.25) is 5.82 Å². The average Bonchev–Trinajstić information content (AvgIpc) is 3.24. The Bertz CT molecular complexity index is 1100. The summed E-state index contributed by atoms with van der Waals surface area (Å²) in [5.74, 6) is 1.82. The molecular formula is C23H24N4O2S. The lowest BCUT2D eigenvalue weighted by Crippen LogP contribution is -2.45. The SMILES string of the molecule is CCN1C(=S)NC(c2cccc(OC)c2)C(c2nc(-c3ccc(C)cc3)no2)=C1C. The van der Waals surface area contributed by atoms with Crippen molar-refractivity contribution < 1.29 is 9.26 Å². The third kappa shape index (κ3) is 3.68. The summed E-state index contributed by atoms with van der Waals surface area (Å²) in [7, 11) is 1.66. The van der Waals surface area contributed by atoms with Crippen LogP contribution < -0.4 is 10.1 Å². The van der Waals surface area contributed by atoms with Gasteiger partial charge in [0, 0.05) is 17.8 Å². The van der Waals surface area contributed by atoms with Crippen molar-refractivity contribution in [3.63, 3.8) is 0 Å². The summed E-state index contributed by atoms with van der Waals surface area (Å²) < 4.78 is 11.2. The van der Waals surface area contributed by atoms with Crippen LogP contribution in [0.2, 0.25) is 0 Å². The molecule has 6 nitrogen and oxygen atoms in total. The molecule has 1 unspecified atom stereocenters. The van der Waals surface area contributed by atoms with Crippen LogP contribution in [0.15, 0.2) is 58.8 Å². The zero-order chi connectivity index (χ0) is 21.3. The first-order valence-corrected chi connectivity index (χ1v) is 10.3. The van der Waals surface area contributed by atoms with Crippen molar-refractivity contribution in [2.75, 3.05) is 13.7 Å². The molecule has 154 valence electrons. The fraction of sp³-hybridized carbons (Fsp3) is 0.261. The molecule has 0 aliphatic carbocycles. The van der Waals surface area contributed by atoms with Gasteiger partial charge >= 0.3 is 0 Å². The summed E-state index contributed by atoms with van der Waals surface area (Å²) in [6.07, 6.45) is 0. The zero-order valence-electron chi connectivity index (χ0n) is 17.5. The van der Waals surface area contributed by atoms with Crippen molar-refractivity contribution in [3.05, 3.63) is 71.2 Å². The van der Waals surface area contributed by atoms with Gasteiger partial charge in [0.1, 0.15) is 5.75 Å². The summed E-state index contributed by atoms with van der Waals surface area (Å²) in [4.78, 5) is 6.76. The molecule has 1 atom stereocenters.